The summed E-state index contributed by atoms with van der Waals surface area (Å²) in [5, 5.41) is 9.93. The van der Waals surface area contributed by atoms with Gasteiger partial charge in [0.1, 0.15) is 5.82 Å². The first-order valence-electron chi connectivity index (χ1n) is 7.54. The van der Waals surface area contributed by atoms with Crippen LogP contribution in [0.25, 0.3) is 0 Å². The molecule has 7 heteroatoms. The highest BCUT2D eigenvalue weighted by Gasteiger charge is 2.27. The third-order valence-corrected chi connectivity index (χ3v) is 3.67. The van der Waals surface area contributed by atoms with Gasteiger partial charge in [-0.25, -0.2) is 14.8 Å². The molecule has 2 amide bonds. The maximum absolute atomic E-state index is 11.9. The summed E-state index contributed by atoms with van der Waals surface area (Å²) in [6, 6.07) is 1.78. The molecule has 0 spiro atoms. The zero-order valence-electron chi connectivity index (χ0n) is 12.8. The molecule has 22 heavy (non-hydrogen) atoms. The van der Waals surface area contributed by atoms with Crippen LogP contribution in [0.1, 0.15) is 42.9 Å². The Balaban J connectivity index is 1.52. The Morgan fingerprint density at radius 1 is 1.36 bits per heavy atom. The Labute approximate surface area is 129 Å². The van der Waals surface area contributed by atoms with Crippen LogP contribution in [0.15, 0.2) is 18.5 Å². The predicted octanol–water partition coefficient (Wildman–Crippen LogP) is 1.97. The quantitative estimate of drug-likeness (QED) is 0.884. The zero-order chi connectivity index (χ0) is 15.5. The number of rotatable bonds is 5. The van der Waals surface area contributed by atoms with E-state index in [2.05, 4.69) is 31.8 Å². The summed E-state index contributed by atoms with van der Waals surface area (Å²) in [6.07, 6.45) is 6.46. The molecule has 1 aliphatic carbocycles. The second-order valence-corrected chi connectivity index (χ2v) is 5.51. The molecule has 0 bridgehead atoms. The first-order valence-corrected chi connectivity index (χ1v) is 7.54. The minimum atomic E-state index is -0.286. The summed E-state index contributed by atoms with van der Waals surface area (Å²) in [5.74, 6) is 1.40. The van der Waals surface area contributed by atoms with Gasteiger partial charge >= 0.3 is 6.03 Å². The van der Waals surface area contributed by atoms with Crippen LogP contribution in [0.3, 0.4) is 0 Å². The van der Waals surface area contributed by atoms with E-state index in [0.29, 0.717) is 18.2 Å². The van der Waals surface area contributed by atoms with E-state index in [1.165, 1.54) is 18.5 Å². The van der Waals surface area contributed by atoms with E-state index in [1.807, 2.05) is 18.7 Å². The minimum Gasteiger partial charge on any atom is -0.332 e. The number of hydrogen-bond acceptors (Lipinski definition) is 4. The number of nitrogens with one attached hydrogen (secondary N) is 2. The SMILES string of the molecule is CCc1ncc(NC(=O)NCc2cc(C3CC3)n(C)n2)cn1. The number of carbonyl (C=O) groups is 1. The Bertz CT molecular complexity index is 659. The van der Waals surface area contributed by atoms with Crippen molar-refractivity contribution in [2.75, 3.05) is 5.32 Å². The number of urea groups is 1. The molecule has 2 heterocycles. The Morgan fingerprint density at radius 2 is 2.09 bits per heavy atom. The molecule has 0 radical (unpaired) electrons. The third-order valence-electron chi connectivity index (χ3n) is 3.67. The molecule has 7 nitrogen and oxygen atoms in total. The smallest absolute Gasteiger partial charge is 0.319 e. The van der Waals surface area contributed by atoms with Crippen LogP contribution >= 0.6 is 0 Å². The lowest BCUT2D eigenvalue weighted by Gasteiger charge is -2.06. The summed E-state index contributed by atoms with van der Waals surface area (Å²) in [7, 11) is 1.95. The zero-order valence-corrected chi connectivity index (χ0v) is 12.8. The summed E-state index contributed by atoms with van der Waals surface area (Å²) in [5.41, 5.74) is 2.70. The first kappa shape index (κ1) is 14.5. The molecule has 116 valence electrons. The average Bonchev–Trinajstić information content (AvgIpc) is 3.29. The largest absolute Gasteiger partial charge is 0.332 e. The molecule has 1 fully saturated rings. The Morgan fingerprint density at radius 3 is 2.73 bits per heavy atom. The monoisotopic (exact) mass is 300 g/mol. The van der Waals surface area contributed by atoms with Crippen molar-refractivity contribution in [2.45, 2.75) is 38.6 Å². The summed E-state index contributed by atoms with van der Waals surface area (Å²) in [4.78, 5) is 20.1. The summed E-state index contributed by atoms with van der Waals surface area (Å²) >= 11 is 0. The Kier molecular flexibility index (Phi) is 4.04. The highest BCUT2D eigenvalue weighted by atomic mass is 16.2. The first-order chi connectivity index (χ1) is 10.7. The van der Waals surface area contributed by atoms with E-state index < -0.39 is 0 Å². The van der Waals surface area contributed by atoms with Crippen LogP contribution in [0, 0.1) is 0 Å². The molecule has 0 saturated heterocycles. The van der Waals surface area contributed by atoms with Crippen molar-refractivity contribution in [1.29, 1.82) is 0 Å². The van der Waals surface area contributed by atoms with Crippen LogP contribution in [-0.2, 0) is 20.0 Å². The number of aryl methyl sites for hydroxylation is 2. The second-order valence-electron chi connectivity index (χ2n) is 5.51. The van der Waals surface area contributed by atoms with Crippen LogP contribution in [0.2, 0.25) is 0 Å². The highest BCUT2D eigenvalue weighted by Crippen LogP contribution is 2.39. The van der Waals surface area contributed by atoms with Gasteiger partial charge in [0.25, 0.3) is 0 Å². The number of carbonyl (C=O) groups excluding carboxylic acids is 1. The van der Waals surface area contributed by atoms with Gasteiger partial charge in [-0.15, -0.1) is 0 Å². The average molecular weight is 300 g/mol. The molecule has 0 atom stereocenters. The van der Waals surface area contributed by atoms with E-state index in [4.69, 9.17) is 0 Å². The molecular weight excluding hydrogens is 280 g/mol. The van der Waals surface area contributed by atoms with E-state index in [1.54, 1.807) is 12.4 Å². The van der Waals surface area contributed by atoms with Crippen LogP contribution in [0.5, 0.6) is 0 Å². The van der Waals surface area contributed by atoms with Crippen molar-refractivity contribution in [2.24, 2.45) is 7.05 Å². The van der Waals surface area contributed by atoms with Crippen molar-refractivity contribution < 1.29 is 4.79 Å². The normalized spacial score (nSPS) is 13.9. The molecule has 2 aromatic heterocycles. The van der Waals surface area contributed by atoms with Crippen LogP contribution < -0.4 is 10.6 Å². The van der Waals surface area contributed by atoms with Gasteiger partial charge in [0, 0.05) is 25.1 Å². The van der Waals surface area contributed by atoms with Gasteiger partial charge < -0.3 is 10.6 Å². The molecule has 1 aliphatic rings. The molecule has 0 unspecified atom stereocenters. The van der Waals surface area contributed by atoms with Gasteiger partial charge in [0.05, 0.1) is 30.3 Å². The fourth-order valence-corrected chi connectivity index (χ4v) is 2.34. The van der Waals surface area contributed by atoms with E-state index in [0.717, 1.165) is 17.9 Å². The van der Waals surface area contributed by atoms with Gasteiger partial charge in [0.2, 0.25) is 0 Å². The molecule has 3 rings (SSSR count). The standard InChI is InChI=1S/C15H20N6O/c1-3-14-16-8-12(9-17-14)19-15(22)18-7-11-6-13(10-4-5-10)21(2)20-11/h6,8-10H,3-5,7H2,1-2H3,(H2,18,19,22). The lowest BCUT2D eigenvalue weighted by atomic mass is 10.2. The van der Waals surface area contributed by atoms with Crippen LogP contribution in [0.4, 0.5) is 10.5 Å². The van der Waals surface area contributed by atoms with Gasteiger partial charge in [0.15, 0.2) is 0 Å². The molecule has 2 aromatic rings. The fraction of sp³-hybridized carbons (Fsp3) is 0.467. The van der Waals surface area contributed by atoms with Gasteiger partial charge in [-0.3, -0.25) is 4.68 Å². The lowest BCUT2D eigenvalue weighted by Crippen LogP contribution is -2.28. The topological polar surface area (TPSA) is 84.7 Å². The second kappa shape index (κ2) is 6.13. The number of amides is 2. The maximum Gasteiger partial charge on any atom is 0.319 e. The molecule has 0 aromatic carbocycles. The number of aromatic nitrogens is 4. The summed E-state index contributed by atoms with van der Waals surface area (Å²) < 4.78 is 1.91. The lowest BCUT2D eigenvalue weighted by molar-refractivity contribution is 0.251. The van der Waals surface area contributed by atoms with Crippen molar-refractivity contribution in [3.8, 4) is 0 Å². The number of anilines is 1. The molecule has 1 saturated carbocycles. The Hall–Kier alpha value is -2.44. The van der Waals surface area contributed by atoms with Crippen molar-refractivity contribution in [3.05, 3.63) is 35.7 Å². The number of nitrogens with zero attached hydrogens (tertiary/aromatic N) is 4. The van der Waals surface area contributed by atoms with E-state index in [9.17, 15) is 4.79 Å². The molecule has 2 N–H and O–H groups in total. The highest BCUT2D eigenvalue weighted by molar-refractivity contribution is 5.88. The third kappa shape index (κ3) is 3.41. The van der Waals surface area contributed by atoms with Crippen molar-refractivity contribution >= 4 is 11.7 Å². The van der Waals surface area contributed by atoms with Gasteiger partial charge in [-0.1, -0.05) is 6.92 Å². The van der Waals surface area contributed by atoms with Crippen molar-refractivity contribution in [3.63, 3.8) is 0 Å². The number of hydrogen-bond donors (Lipinski definition) is 2. The molecule has 0 aliphatic heterocycles. The minimum absolute atomic E-state index is 0.286. The predicted molar refractivity (Wildman–Crippen MR) is 82.5 cm³/mol. The van der Waals surface area contributed by atoms with E-state index in [-0.39, 0.29) is 6.03 Å². The molecular formula is C15H20N6O. The summed E-state index contributed by atoms with van der Waals surface area (Å²) in [6.45, 7) is 2.39. The van der Waals surface area contributed by atoms with Gasteiger partial charge in [-0.05, 0) is 18.9 Å². The maximum atomic E-state index is 11.9. The van der Waals surface area contributed by atoms with Gasteiger partial charge in [-0.2, -0.15) is 5.10 Å². The van der Waals surface area contributed by atoms with E-state index >= 15 is 0 Å². The van der Waals surface area contributed by atoms with Crippen molar-refractivity contribution in [1.82, 2.24) is 25.1 Å². The van der Waals surface area contributed by atoms with Crippen LogP contribution in [-0.4, -0.2) is 25.8 Å². The fourth-order valence-electron chi connectivity index (χ4n) is 2.34.